The number of nitrogens with one attached hydrogen (secondary N) is 1. The summed E-state index contributed by atoms with van der Waals surface area (Å²) in [6, 6.07) is 3.46. The van der Waals surface area contributed by atoms with E-state index in [0.717, 1.165) is 0 Å². The predicted octanol–water partition coefficient (Wildman–Crippen LogP) is 0.969. The molecule has 0 saturated heterocycles. The van der Waals surface area contributed by atoms with Crippen molar-refractivity contribution in [2.24, 2.45) is 0 Å². The summed E-state index contributed by atoms with van der Waals surface area (Å²) in [5, 5.41) is 11.3. The molecule has 1 atom stereocenters. The van der Waals surface area contributed by atoms with Crippen molar-refractivity contribution in [1.29, 1.82) is 0 Å². The minimum absolute atomic E-state index is 0.188. The number of anilines is 1. The molecular formula is C9H8N2O3S. The number of amides is 1. The summed E-state index contributed by atoms with van der Waals surface area (Å²) < 4.78 is 0. The monoisotopic (exact) mass is 224 g/mol. The van der Waals surface area contributed by atoms with E-state index >= 15 is 0 Å². The van der Waals surface area contributed by atoms with Crippen molar-refractivity contribution >= 4 is 29.3 Å². The van der Waals surface area contributed by atoms with E-state index in [9.17, 15) is 9.59 Å². The smallest absolute Gasteiger partial charge is 0.305 e. The van der Waals surface area contributed by atoms with Crippen molar-refractivity contribution in [2.75, 3.05) is 5.32 Å². The number of hydrogen-bond acceptors (Lipinski definition) is 4. The molecule has 0 spiro atoms. The van der Waals surface area contributed by atoms with Crippen LogP contribution in [-0.2, 0) is 9.59 Å². The Morgan fingerprint density at radius 2 is 2.47 bits per heavy atom. The summed E-state index contributed by atoms with van der Waals surface area (Å²) >= 11 is 1.19. The number of aliphatic carboxylic acids is 1. The van der Waals surface area contributed by atoms with Crippen molar-refractivity contribution in [3.05, 3.63) is 18.3 Å². The summed E-state index contributed by atoms with van der Waals surface area (Å²) in [5.41, 5.74) is 0.647. The van der Waals surface area contributed by atoms with Crippen LogP contribution in [-0.4, -0.2) is 27.2 Å². The Kier molecular flexibility index (Phi) is 2.59. The van der Waals surface area contributed by atoms with Crippen LogP contribution >= 0.6 is 11.8 Å². The zero-order valence-electron chi connectivity index (χ0n) is 7.64. The van der Waals surface area contributed by atoms with Crippen molar-refractivity contribution in [2.45, 2.75) is 16.7 Å². The van der Waals surface area contributed by atoms with Gasteiger partial charge in [0.2, 0.25) is 5.91 Å². The van der Waals surface area contributed by atoms with Crippen molar-refractivity contribution in [1.82, 2.24) is 4.98 Å². The number of carbonyl (C=O) groups excluding carboxylic acids is 1. The Bertz CT molecular complexity index is 422. The average molecular weight is 224 g/mol. The molecule has 0 saturated carbocycles. The molecule has 6 heteroatoms. The van der Waals surface area contributed by atoms with Crippen molar-refractivity contribution < 1.29 is 14.7 Å². The molecule has 15 heavy (non-hydrogen) atoms. The van der Waals surface area contributed by atoms with E-state index in [4.69, 9.17) is 5.11 Å². The van der Waals surface area contributed by atoms with Crippen LogP contribution in [0.25, 0.3) is 0 Å². The molecule has 1 unspecified atom stereocenters. The number of hydrogen-bond donors (Lipinski definition) is 2. The van der Waals surface area contributed by atoms with Crippen molar-refractivity contribution in [3.63, 3.8) is 0 Å². The van der Waals surface area contributed by atoms with E-state index in [1.165, 1.54) is 11.8 Å². The highest BCUT2D eigenvalue weighted by Crippen LogP contribution is 2.34. The zero-order valence-corrected chi connectivity index (χ0v) is 8.45. The number of aromatic nitrogens is 1. The number of carbonyl (C=O) groups is 2. The number of fused-ring (bicyclic) bond motifs is 1. The maximum absolute atomic E-state index is 11.5. The molecule has 0 bridgehead atoms. The molecule has 0 radical (unpaired) electrons. The summed E-state index contributed by atoms with van der Waals surface area (Å²) in [7, 11) is 0. The Balaban J connectivity index is 2.22. The minimum Gasteiger partial charge on any atom is -0.481 e. The second kappa shape index (κ2) is 3.90. The lowest BCUT2D eigenvalue weighted by molar-refractivity contribution is -0.138. The number of carboxylic acids is 1. The van der Waals surface area contributed by atoms with Crippen LogP contribution in [0.5, 0.6) is 0 Å². The minimum atomic E-state index is -0.984. The summed E-state index contributed by atoms with van der Waals surface area (Å²) in [4.78, 5) is 26.0. The third-order valence-electron chi connectivity index (χ3n) is 1.94. The normalized spacial score (nSPS) is 19.2. The van der Waals surface area contributed by atoms with Crippen LogP contribution < -0.4 is 5.32 Å². The number of thioether (sulfide) groups is 1. The Hall–Kier alpha value is -1.56. The molecule has 1 aliphatic heterocycles. The molecular weight excluding hydrogens is 216 g/mol. The fourth-order valence-corrected chi connectivity index (χ4v) is 2.30. The zero-order chi connectivity index (χ0) is 10.8. The second-order valence-corrected chi connectivity index (χ2v) is 4.24. The van der Waals surface area contributed by atoms with Crippen molar-refractivity contribution in [3.8, 4) is 0 Å². The molecule has 5 nitrogen and oxygen atoms in total. The highest BCUT2D eigenvalue weighted by molar-refractivity contribution is 8.00. The second-order valence-electron chi connectivity index (χ2n) is 3.05. The Morgan fingerprint density at radius 3 is 3.20 bits per heavy atom. The van der Waals surface area contributed by atoms with Gasteiger partial charge in [-0.15, -0.1) is 0 Å². The average Bonchev–Trinajstić information content (AvgIpc) is 2.18. The van der Waals surface area contributed by atoms with Gasteiger partial charge in [0.1, 0.15) is 10.3 Å². The molecule has 0 aliphatic carbocycles. The van der Waals surface area contributed by atoms with Gasteiger partial charge < -0.3 is 10.4 Å². The first-order valence-electron chi connectivity index (χ1n) is 4.31. The predicted molar refractivity (Wildman–Crippen MR) is 54.8 cm³/mol. The molecule has 1 aliphatic rings. The van der Waals surface area contributed by atoms with Gasteiger partial charge in [-0.2, -0.15) is 0 Å². The SMILES string of the molecule is O=C(O)CC1Sc2ncccc2NC1=O. The van der Waals surface area contributed by atoms with E-state index < -0.39 is 11.2 Å². The first-order chi connectivity index (χ1) is 7.16. The molecule has 0 fully saturated rings. The Labute approximate surface area is 89.9 Å². The molecule has 1 aromatic rings. The molecule has 2 N–H and O–H groups in total. The lowest BCUT2D eigenvalue weighted by atomic mass is 10.2. The van der Waals surface area contributed by atoms with Gasteiger partial charge in [0, 0.05) is 6.20 Å². The van der Waals surface area contributed by atoms with Crippen LogP contribution in [0, 0.1) is 0 Å². The van der Waals surface area contributed by atoms with Crippen LogP contribution in [0.4, 0.5) is 5.69 Å². The maximum Gasteiger partial charge on any atom is 0.305 e. The van der Waals surface area contributed by atoms with Gasteiger partial charge in [-0.05, 0) is 12.1 Å². The van der Waals surface area contributed by atoms with E-state index in [-0.39, 0.29) is 12.3 Å². The molecule has 1 amide bonds. The quantitative estimate of drug-likeness (QED) is 0.782. The van der Waals surface area contributed by atoms with E-state index in [0.29, 0.717) is 10.7 Å². The van der Waals surface area contributed by atoms with Crippen LogP contribution in [0.15, 0.2) is 23.4 Å². The fourth-order valence-electron chi connectivity index (χ4n) is 1.27. The van der Waals surface area contributed by atoms with E-state index in [2.05, 4.69) is 10.3 Å². The first-order valence-corrected chi connectivity index (χ1v) is 5.19. The maximum atomic E-state index is 11.5. The number of nitrogens with zero attached hydrogens (tertiary/aromatic N) is 1. The van der Waals surface area contributed by atoms with Gasteiger partial charge >= 0.3 is 5.97 Å². The van der Waals surface area contributed by atoms with E-state index in [1.807, 2.05) is 0 Å². The van der Waals surface area contributed by atoms with Gasteiger partial charge in [-0.1, -0.05) is 11.8 Å². The topological polar surface area (TPSA) is 79.3 Å². The third-order valence-corrected chi connectivity index (χ3v) is 3.15. The first kappa shape index (κ1) is 9.97. The lowest BCUT2D eigenvalue weighted by Crippen LogP contribution is -2.31. The Morgan fingerprint density at radius 1 is 1.67 bits per heavy atom. The summed E-state index contributed by atoms with van der Waals surface area (Å²) in [6.45, 7) is 0. The molecule has 2 rings (SSSR count). The van der Waals surface area contributed by atoms with Gasteiger partial charge in [-0.3, -0.25) is 9.59 Å². The standard InChI is InChI=1S/C9H8N2O3S/c12-7(13)4-6-8(14)11-5-2-1-3-10-9(5)15-6/h1-3,6H,4H2,(H,11,14)(H,12,13). The molecule has 2 heterocycles. The third kappa shape index (κ3) is 2.10. The highest BCUT2D eigenvalue weighted by atomic mass is 32.2. The van der Waals surface area contributed by atoms with Gasteiger partial charge in [-0.25, -0.2) is 4.98 Å². The van der Waals surface area contributed by atoms with Gasteiger partial charge in [0.05, 0.1) is 12.1 Å². The van der Waals surface area contributed by atoms with Crippen LogP contribution in [0.3, 0.4) is 0 Å². The number of rotatable bonds is 2. The highest BCUT2D eigenvalue weighted by Gasteiger charge is 2.29. The largest absolute Gasteiger partial charge is 0.481 e. The van der Waals surface area contributed by atoms with Crippen LogP contribution in [0.1, 0.15) is 6.42 Å². The molecule has 1 aromatic heterocycles. The van der Waals surface area contributed by atoms with Gasteiger partial charge in [0.25, 0.3) is 0 Å². The fraction of sp³-hybridized carbons (Fsp3) is 0.222. The number of pyridine rings is 1. The van der Waals surface area contributed by atoms with E-state index in [1.54, 1.807) is 18.3 Å². The van der Waals surface area contributed by atoms with Gasteiger partial charge in [0.15, 0.2) is 0 Å². The lowest BCUT2D eigenvalue weighted by Gasteiger charge is -2.21. The summed E-state index contributed by atoms with van der Waals surface area (Å²) in [6.07, 6.45) is 1.42. The molecule has 78 valence electrons. The molecule has 0 aromatic carbocycles. The van der Waals surface area contributed by atoms with Crippen LogP contribution in [0.2, 0.25) is 0 Å². The number of carboxylic acid groups (broad SMARTS) is 1. The summed E-state index contributed by atoms with van der Waals surface area (Å²) in [5.74, 6) is -1.26.